The fourth-order valence-electron chi connectivity index (χ4n) is 0.869. The van der Waals surface area contributed by atoms with Crippen LogP contribution in [0.15, 0.2) is 23.1 Å². The van der Waals surface area contributed by atoms with Crippen molar-refractivity contribution >= 4 is 18.5 Å². The molecule has 0 radical (unpaired) electrons. The fourth-order valence-corrected chi connectivity index (χ4v) is 1.27. The van der Waals surface area contributed by atoms with Crippen molar-refractivity contribution in [2.45, 2.75) is 11.8 Å². The van der Waals surface area contributed by atoms with Crippen LogP contribution in [0.2, 0.25) is 0 Å². The zero-order valence-electron chi connectivity index (χ0n) is 6.26. The van der Waals surface area contributed by atoms with Gasteiger partial charge in [-0.15, -0.1) is 12.6 Å². The van der Waals surface area contributed by atoms with E-state index in [1.807, 2.05) is 19.1 Å². The van der Waals surface area contributed by atoms with Crippen molar-refractivity contribution in [3.8, 4) is 0 Å². The molecule has 0 saturated carbocycles. The maximum absolute atomic E-state index is 7.18. The molecule has 3 N–H and O–H groups in total. The number of amidine groups is 1. The molecule has 0 atom stereocenters. The molecule has 1 rings (SSSR count). The minimum absolute atomic E-state index is 0.0648. The molecule has 0 aliphatic heterocycles. The Kier molecular flexibility index (Phi) is 2.19. The quantitative estimate of drug-likeness (QED) is 0.331. The summed E-state index contributed by atoms with van der Waals surface area (Å²) in [5, 5.41) is 7.18. The normalized spacial score (nSPS) is 9.64. The highest BCUT2D eigenvalue weighted by Gasteiger charge is 2.00. The van der Waals surface area contributed by atoms with Crippen molar-refractivity contribution in [3.63, 3.8) is 0 Å². The number of nitrogens with two attached hydrogens (primary N) is 1. The Morgan fingerprint density at radius 2 is 2.18 bits per heavy atom. The third-order valence-electron chi connectivity index (χ3n) is 1.44. The van der Waals surface area contributed by atoms with Gasteiger partial charge in [-0.05, 0) is 24.6 Å². The Labute approximate surface area is 71.3 Å². The lowest BCUT2D eigenvalue weighted by Gasteiger charge is -2.02. The fraction of sp³-hybridized carbons (Fsp3) is 0.125. The summed E-state index contributed by atoms with van der Waals surface area (Å²) in [5.41, 5.74) is 7.12. The minimum Gasteiger partial charge on any atom is -0.384 e. The molecule has 0 unspecified atom stereocenters. The van der Waals surface area contributed by atoms with Gasteiger partial charge >= 0.3 is 0 Å². The standard InChI is InChI=1S/C8H10N2S/c1-5-2-3-6(8(9)10)7(11)4-5/h2-4,11H,1H3,(H3,9,10). The summed E-state index contributed by atoms with van der Waals surface area (Å²) in [5.74, 6) is 0.0648. The number of nitrogen functional groups attached to an aromatic ring is 1. The van der Waals surface area contributed by atoms with Crippen LogP contribution in [0, 0.1) is 12.3 Å². The molecule has 58 valence electrons. The first kappa shape index (κ1) is 8.14. The largest absolute Gasteiger partial charge is 0.384 e. The van der Waals surface area contributed by atoms with E-state index >= 15 is 0 Å². The van der Waals surface area contributed by atoms with Gasteiger partial charge in [0.25, 0.3) is 0 Å². The average molecular weight is 166 g/mol. The van der Waals surface area contributed by atoms with E-state index in [1.54, 1.807) is 6.07 Å². The van der Waals surface area contributed by atoms with Crippen LogP contribution in [0.4, 0.5) is 0 Å². The van der Waals surface area contributed by atoms with E-state index in [1.165, 1.54) is 0 Å². The van der Waals surface area contributed by atoms with E-state index < -0.39 is 0 Å². The highest BCUT2D eigenvalue weighted by atomic mass is 32.1. The van der Waals surface area contributed by atoms with Gasteiger partial charge in [-0.1, -0.05) is 6.07 Å². The van der Waals surface area contributed by atoms with Gasteiger partial charge < -0.3 is 5.73 Å². The topological polar surface area (TPSA) is 49.9 Å². The summed E-state index contributed by atoms with van der Waals surface area (Å²) in [6, 6.07) is 5.61. The Bertz CT molecular complexity index is 294. The third-order valence-corrected chi connectivity index (χ3v) is 1.81. The van der Waals surface area contributed by atoms with Crippen LogP contribution in [-0.2, 0) is 0 Å². The predicted octanol–water partition coefficient (Wildman–Crippen LogP) is 1.57. The summed E-state index contributed by atoms with van der Waals surface area (Å²) in [4.78, 5) is 0.762. The molecular formula is C8H10N2S. The van der Waals surface area contributed by atoms with Gasteiger partial charge in [0.05, 0.1) is 0 Å². The van der Waals surface area contributed by atoms with E-state index in [2.05, 4.69) is 12.6 Å². The van der Waals surface area contributed by atoms with Gasteiger partial charge in [0, 0.05) is 10.5 Å². The van der Waals surface area contributed by atoms with Crippen LogP contribution in [0.5, 0.6) is 0 Å². The Morgan fingerprint density at radius 1 is 1.55 bits per heavy atom. The van der Waals surface area contributed by atoms with Crippen LogP contribution in [0.3, 0.4) is 0 Å². The number of hydrogen-bond acceptors (Lipinski definition) is 2. The Hall–Kier alpha value is -0.960. The monoisotopic (exact) mass is 166 g/mol. The Morgan fingerprint density at radius 3 is 2.64 bits per heavy atom. The lowest BCUT2D eigenvalue weighted by atomic mass is 10.1. The molecule has 0 heterocycles. The molecule has 0 bridgehead atoms. The van der Waals surface area contributed by atoms with Crippen LogP contribution >= 0.6 is 12.6 Å². The lowest BCUT2D eigenvalue weighted by Crippen LogP contribution is -2.11. The maximum Gasteiger partial charge on any atom is 0.123 e. The van der Waals surface area contributed by atoms with E-state index in [9.17, 15) is 0 Å². The van der Waals surface area contributed by atoms with Crippen molar-refractivity contribution < 1.29 is 0 Å². The molecule has 2 nitrogen and oxygen atoms in total. The van der Waals surface area contributed by atoms with E-state index in [-0.39, 0.29) is 5.84 Å². The van der Waals surface area contributed by atoms with Gasteiger partial charge in [0.1, 0.15) is 5.84 Å². The zero-order chi connectivity index (χ0) is 8.43. The van der Waals surface area contributed by atoms with E-state index in [4.69, 9.17) is 11.1 Å². The van der Waals surface area contributed by atoms with Crippen molar-refractivity contribution in [2.75, 3.05) is 0 Å². The number of hydrogen-bond donors (Lipinski definition) is 3. The van der Waals surface area contributed by atoms with Crippen LogP contribution < -0.4 is 5.73 Å². The molecule has 0 saturated heterocycles. The second-order valence-electron chi connectivity index (χ2n) is 2.43. The molecule has 0 aliphatic rings. The lowest BCUT2D eigenvalue weighted by molar-refractivity contribution is 1.31. The van der Waals surface area contributed by atoms with Crippen molar-refractivity contribution in [1.82, 2.24) is 0 Å². The molecule has 0 spiro atoms. The number of thiol groups is 1. The first-order chi connectivity index (χ1) is 5.11. The van der Waals surface area contributed by atoms with E-state index in [0.717, 1.165) is 10.5 Å². The number of rotatable bonds is 1. The SMILES string of the molecule is Cc1ccc(C(=N)N)c(S)c1. The summed E-state index contributed by atoms with van der Waals surface area (Å²) in [6.07, 6.45) is 0. The number of aryl methyl sites for hydroxylation is 1. The average Bonchev–Trinajstić information content (AvgIpc) is 1.85. The summed E-state index contributed by atoms with van der Waals surface area (Å²) >= 11 is 4.19. The van der Waals surface area contributed by atoms with Gasteiger partial charge in [0.2, 0.25) is 0 Å². The van der Waals surface area contributed by atoms with Gasteiger partial charge in [-0.2, -0.15) is 0 Å². The zero-order valence-corrected chi connectivity index (χ0v) is 7.15. The predicted molar refractivity (Wildman–Crippen MR) is 49.4 cm³/mol. The second-order valence-corrected chi connectivity index (χ2v) is 2.92. The molecule has 1 aromatic carbocycles. The minimum atomic E-state index is 0.0648. The summed E-state index contributed by atoms with van der Waals surface area (Å²) in [7, 11) is 0. The van der Waals surface area contributed by atoms with E-state index in [0.29, 0.717) is 5.56 Å². The third kappa shape index (κ3) is 1.74. The smallest absolute Gasteiger partial charge is 0.123 e. The first-order valence-corrected chi connectivity index (χ1v) is 3.70. The van der Waals surface area contributed by atoms with Gasteiger partial charge in [0.15, 0.2) is 0 Å². The van der Waals surface area contributed by atoms with Gasteiger partial charge in [-0.25, -0.2) is 0 Å². The van der Waals surface area contributed by atoms with Crippen molar-refractivity contribution in [2.24, 2.45) is 5.73 Å². The summed E-state index contributed by atoms with van der Waals surface area (Å²) < 4.78 is 0. The number of benzene rings is 1. The Balaban J connectivity index is 3.20. The second kappa shape index (κ2) is 2.96. The molecular weight excluding hydrogens is 156 g/mol. The molecule has 11 heavy (non-hydrogen) atoms. The van der Waals surface area contributed by atoms with Crippen LogP contribution in [-0.4, -0.2) is 5.84 Å². The highest BCUT2D eigenvalue weighted by molar-refractivity contribution is 7.80. The van der Waals surface area contributed by atoms with Crippen molar-refractivity contribution in [3.05, 3.63) is 29.3 Å². The summed E-state index contributed by atoms with van der Waals surface area (Å²) in [6.45, 7) is 1.98. The van der Waals surface area contributed by atoms with Crippen molar-refractivity contribution in [1.29, 1.82) is 5.41 Å². The maximum atomic E-state index is 7.18. The molecule has 3 heteroatoms. The molecule has 0 fully saturated rings. The molecule has 0 aliphatic carbocycles. The van der Waals surface area contributed by atoms with Crippen LogP contribution in [0.25, 0.3) is 0 Å². The first-order valence-electron chi connectivity index (χ1n) is 3.25. The number of nitrogens with one attached hydrogen (secondary N) is 1. The van der Waals surface area contributed by atoms with Gasteiger partial charge in [-0.3, -0.25) is 5.41 Å². The van der Waals surface area contributed by atoms with Crippen LogP contribution in [0.1, 0.15) is 11.1 Å². The molecule has 0 amide bonds. The highest BCUT2D eigenvalue weighted by Crippen LogP contribution is 2.14. The molecule has 1 aromatic rings. The molecule has 0 aromatic heterocycles.